The van der Waals surface area contributed by atoms with Gasteiger partial charge in [0.05, 0.1) is 29.0 Å². The standard InChI is InChI=1S/C27H24N3O5.BrH/c1-2-27(33)21-14-23-24-18(15-30(23)25(31)20(21)16-35-26(27)32)12-17-13-19(6-7-22(17)28-24)34-11-10-29-8-4-3-5-9-29;/h3-9,12-14,33H,2,10-11,15-16H2,1H3;1H/q+1;/p-1/t27-;/m0./s1. The van der Waals surface area contributed by atoms with Gasteiger partial charge in [0.15, 0.2) is 24.5 Å². The molecule has 0 amide bonds. The molecule has 1 N–H and O–H groups in total. The monoisotopic (exact) mass is 549 g/mol. The van der Waals surface area contributed by atoms with Crippen molar-refractivity contribution in [2.24, 2.45) is 0 Å². The number of hydrogen-bond donors (Lipinski definition) is 1. The number of pyridine rings is 3. The second-order valence-electron chi connectivity index (χ2n) is 8.92. The second-order valence-corrected chi connectivity index (χ2v) is 8.92. The quantitative estimate of drug-likeness (QED) is 0.233. The molecule has 184 valence electrons. The molecule has 0 unspecified atom stereocenters. The van der Waals surface area contributed by atoms with E-state index >= 15 is 0 Å². The summed E-state index contributed by atoms with van der Waals surface area (Å²) in [6.45, 7) is 3.20. The molecule has 2 aliphatic heterocycles. The highest BCUT2D eigenvalue weighted by Gasteiger charge is 2.45. The van der Waals surface area contributed by atoms with E-state index in [4.69, 9.17) is 14.5 Å². The minimum absolute atomic E-state index is 0. The summed E-state index contributed by atoms with van der Waals surface area (Å²) in [5.74, 6) is 0.0299. The van der Waals surface area contributed by atoms with Gasteiger partial charge in [0.25, 0.3) is 5.56 Å². The Hall–Kier alpha value is -3.56. The molecular weight excluding hydrogens is 526 g/mol. The Labute approximate surface area is 217 Å². The first-order valence-corrected chi connectivity index (χ1v) is 11.7. The number of halogens is 1. The highest BCUT2D eigenvalue weighted by atomic mass is 79.9. The van der Waals surface area contributed by atoms with E-state index in [0.29, 0.717) is 35.7 Å². The average Bonchev–Trinajstić information content (AvgIpc) is 3.23. The molecule has 6 rings (SSSR count). The Morgan fingerprint density at radius 1 is 1.17 bits per heavy atom. The number of nitrogens with zero attached hydrogens (tertiary/aromatic N) is 3. The summed E-state index contributed by atoms with van der Waals surface area (Å²) in [7, 11) is 0. The fourth-order valence-corrected chi connectivity index (χ4v) is 4.91. The molecule has 1 aromatic carbocycles. The Kier molecular flexibility index (Phi) is 6.13. The first kappa shape index (κ1) is 24.1. The summed E-state index contributed by atoms with van der Waals surface area (Å²) >= 11 is 0. The van der Waals surface area contributed by atoms with Crippen LogP contribution >= 0.6 is 0 Å². The molecule has 0 saturated carbocycles. The zero-order valence-electron chi connectivity index (χ0n) is 19.6. The molecule has 1 atom stereocenters. The minimum Gasteiger partial charge on any atom is -1.00 e. The van der Waals surface area contributed by atoms with Gasteiger partial charge < -0.3 is 36.1 Å². The van der Waals surface area contributed by atoms with Crippen LogP contribution in [0.15, 0.2) is 65.7 Å². The van der Waals surface area contributed by atoms with Crippen LogP contribution in [0, 0.1) is 0 Å². The van der Waals surface area contributed by atoms with Crippen molar-refractivity contribution < 1.29 is 40.9 Å². The van der Waals surface area contributed by atoms with Gasteiger partial charge in [-0.25, -0.2) is 14.3 Å². The van der Waals surface area contributed by atoms with Gasteiger partial charge >= 0.3 is 5.97 Å². The number of carbonyl (C=O) groups is 1. The summed E-state index contributed by atoms with van der Waals surface area (Å²) in [6.07, 6.45) is 4.11. The molecular formula is C27H24BrN3O5. The van der Waals surface area contributed by atoms with Gasteiger partial charge in [-0.1, -0.05) is 13.0 Å². The number of aromatic nitrogens is 3. The smallest absolute Gasteiger partial charge is 0.343 e. The minimum atomic E-state index is -1.83. The lowest BCUT2D eigenvalue weighted by molar-refractivity contribution is -0.697. The molecule has 5 heterocycles. The molecule has 36 heavy (non-hydrogen) atoms. The van der Waals surface area contributed by atoms with Crippen molar-refractivity contribution >= 4 is 16.9 Å². The summed E-state index contributed by atoms with van der Waals surface area (Å²) in [6, 6.07) is 15.4. The van der Waals surface area contributed by atoms with E-state index in [1.54, 1.807) is 17.6 Å². The third-order valence-electron chi connectivity index (χ3n) is 6.87. The molecule has 4 aromatic rings. The van der Waals surface area contributed by atoms with Crippen molar-refractivity contribution in [2.75, 3.05) is 6.61 Å². The van der Waals surface area contributed by atoms with Gasteiger partial charge in [-0.2, -0.15) is 0 Å². The van der Waals surface area contributed by atoms with E-state index in [2.05, 4.69) is 4.57 Å². The summed E-state index contributed by atoms with van der Waals surface area (Å²) in [5, 5.41) is 11.9. The molecule has 9 heteroatoms. The van der Waals surface area contributed by atoms with Crippen LogP contribution in [-0.4, -0.2) is 27.2 Å². The van der Waals surface area contributed by atoms with E-state index in [1.807, 2.05) is 54.9 Å². The predicted molar refractivity (Wildman–Crippen MR) is 127 cm³/mol. The van der Waals surface area contributed by atoms with Gasteiger partial charge in [-0.15, -0.1) is 0 Å². The van der Waals surface area contributed by atoms with Crippen LogP contribution in [-0.2, 0) is 34.8 Å². The second kappa shape index (κ2) is 9.15. The van der Waals surface area contributed by atoms with E-state index in [1.165, 1.54) is 0 Å². The van der Waals surface area contributed by atoms with Crippen LogP contribution < -0.4 is 31.8 Å². The Morgan fingerprint density at radius 2 is 1.97 bits per heavy atom. The largest absolute Gasteiger partial charge is 1.00 e. The number of fused-ring (bicyclic) bond motifs is 5. The lowest BCUT2D eigenvalue weighted by Crippen LogP contribution is -3.00. The molecule has 0 radical (unpaired) electrons. The SMILES string of the molecule is CC[C@@]1(O)C(=O)OCc2c1cc1n(c2=O)Cc2cc3cc(OCC[n+]4ccccc4)ccc3nc2-1.[Br-]. The van der Waals surface area contributed by atoms with Crippen molar-refractivity contribution in [1.29, 1.82) is 0 Å². The van der Waals surface area contributed by atoms with Crippen molar-refractivity contribution in [2.45, 2.75) is 38.6 Å². The Morgan fingerprint density at radius 3 is 2.75 bits per heavy atom. The van der Waals surface area contributed by atoms with E-state index in [9.17, 15) is 14.7 Å². The summed E-state index contributed by atoms with van der Waals surface area (Å²) < 4.78 is 14.8. The zero-order valence-corrected chi connectivity index (χ0v) is 21.2. The summed E-state index contributed by atoms with van der Waals surface area (Å²) in [4.78, 5) is 30.4. The average molecular weight is 550 g/mol. The van der Waals surface area contributed by atoms with Crippen LogP contribution in [0.1, 0.15) is 30.0 Å². The number of hydrogen-bond acceptors (Lipinski definition) is 6. The number of rotatable bonds is 5. The van der Waals surface area contributed by atoms with Crippen molar-refractivity contribution in [3.05, 3.63) is 88.0 Å². The number of esters is 1. The van der Waals surface area contributed by atoms with E-state index in [0.717, 1.165) is 28.8 Å². The lowest BCUT2D eigenvalue weighted by Gasteiger charge is -2.31. The molecule has 0 fully saturated rings. The first-order valence-electron chi connectivity index (χ1n) is 11.7. The maximum absolute atomic E-state index is 13.3. The number of ether oxygens (including phenoxy) is 2. The van der Waals surface area contributed by atoms with Crippen LogP contribution in [0.25, 0.3) is 22.3 Å². The number of aliphatic hydroxyl groups is 1. The van der Waals surface area contributed by atoms with Crippen molar-refractivity contribution in [1.82, 2.24) is 9.55 Å². The zero-order chi connectivity index (χ0) is 24.2. The highest BCUT2D eigenvalue weighted by Crippen LogP contribution is 2.38. The molecule has 2 aliphatic rings. The van der Waals surface area contributed by atoms with Crippen molar-refractivity contribution in [3.8, 4) is 17.1 Å². The first-order chi connectivity index (χ1) is 17.0. The number of carbonyl (C=O) groups excluding carboxylic acids is 1. The normalized spacial score (nSPS) is 17.6. The van der Waals surface area contributed by atoms with Gasteiger partial charge in [0, 0.05) is 28.6 Å². The predicted octanol–water partition coefficient (Wildman–Crippen LogP) is -0.550. The van der Waals surface area contributed by atoms with Crippen LogP contribution in [0.3, 0.4) is 0 Å². The van der Waals surface area contributed by atoms with Crippen molar-refractivity contribution in [3.63, 3.8) is 0 Å². The third-order valence-corrected chi connectivity index (χ3v) is 6.87. The Balaban J connectivity index is 0.00000267. The number of cyclic esters (lactones) is 1. The van der Waals surface area contributed by atoms with Gasteiger partial charge in [0.1, 0.15) is 19.0 Å². The lowest BCUT2D eigenvalue weighted by atomic mass is 9.86. The maximum Gasteiger partial charge on any atom is 0.343 e. The molecule has 3 aromatic heterocycles. The topological polar surface area (TPSA) is 94.5 Å². The Bertz CT molecular complexity index is 1550. The fourth-order valence-electron chi connectivity index (χ4n) is 4.91. The van der Waals surface area contributed by atoms with Crippen LogP contribution in [0.2, 0.25) is 0 Å². The molecule has 0 spiro atoms. The summed E-state index contributed by atoms with van der Waals surface area (Å²) in [5.41, 5.74) is 1.52. The molecule has 0 saturated heterocycles. The van der Waals surface area contributed by atoms with Crippen LogP contribution in [0.5, 0.6) is 5.75 Å². The van der Waals surface area contributed by atoms with Gasteiger partial charge in [-0.05, 0) is 36.8 Å². The van der Waals surface area contributed by atoms with Crippen LogP contribution in [0.4, 0.5) is 0 Å². The fraction of sp³-hybridized carbons (Fsp3) is 0.259. The maximum atomic E-state index is 13.3. The molecule has 0 bridgehead atoms. The highest BCUT2D eigenvalue weighted by molar-refractivity contribution is 5.87. The molecule has 0 aliphatic carbocycles. The van der Waals surface area contributed by atoms with E-state index < -0.39 is 11.6 Å². The molecule has 8 nitrogen and oxygen atoms in total. The van der Waals surface area contributed by atoms with Gasteiger partial charge in [-0.3, -0.25) is 4.79 Å². The van der Waals surface area contributed by atoms with E-state index in [-0.39, 0.29) is 35.6 Å². The number of benzene rings is 1. The third kappa shape index (κ3) is 3.79. The van der Waals surface area contributed by atoms with Gasteiger partial charge in [0.2, 0.25) is 0 Å².